The molecule has 0 unspecified atom stereocenters. The topological polar surface area (TPSA) is 58.6 Å². The Hall–Kier alpha value is -3.25. The second-order valence-corrected chi connectivity index (χ2v) is 8.02. The number of carbonyl (C=O) groups is 2. The Kier molecular flexibility index (Phi) is 6.05. The molecule has 2 amide bonds. The second-order valence-electron chi connectivity index (χ2n) is 6.95. The summed E-state index contributed by atoms with van der Waals surface area (Å²) in [7, 11) is 1.57. The van der Waals surface area contributed by atoms with Gasteiger partial charge >= 0.3 is 0 Å². The van der Waals surface area contributed by atoms with Crippen LogP contribution in [0.25, 0.3) is 0 Å². The molecule has 1 aliphatic rings. The van der Waals surface area contributed by atoms with Crippen LogP contribution in [0.15, 0.2) is 78.9 Å². The molecule has 1 heterocycles. The van der Waals surface area contributed by atoms with Gasteiger partial charge in [0.05, 0.1) is 18.6 Å². The van der Waals surface area contributed by atoms with Crippen molar-refractivity contribution in [3.8, 4) is 5.75 Å². The van der Waals surface area contributed by atoms with E-state index < -0.39 is 0 Å². The zero-order valence-electron chi connectivity index (χ0n) is 16.6. The third-order valence-electron chi connectivity index (χ3n) is 4.98. The van der Waals surface area contributed by atoms with Gasteiger partial charge in [0.1, 0.15) is 11.1 Å². The van der Waals surface area contributed by atoms with Crippen molar-refractivity contribution in [3.63, 3.8) is 0 Å². The van der Waals surface area contributed by atoms with Crippen molar-refractivity contribution in [2.45, 2.75) is 11.9 Å². The number of methoxy groups -OCH3 is 1. The maximum Gasteiger partial charge on any atom is 0.255 e. The van der Waals surface area contributed by atoms with E-state index in [1.54, 1.807) is 43.1 Å². The number of carbonyl (C=O) groups excluding carboxylic acids is 2. The fourth-order valence-electron chi connectivity index (χ4n) is 3.42. The lowest BCUT2D eigenvalue weighted by molar-refractivity contribution is -0.128. The summed E-state index contributed by atoms with van der Waals surface area (Å²) in [5.41, 5.74) is 3.29. The lowest BCUT2D eigenvalue weighted by Gasteiger charge is -2.24. The average Bonchev–Trinajstić information content (AvgIpc) is 3.15. The van der Waals surface area contributed by atoms with Crippen LogP contribution in [0.5, 0.6) is 5.75 Å². The van der Waals surface area contributed by atoms with Gasteiger partial charge in [0.25, 0.3) is 5.91 Å². The molecule has 1 saturated heterocycles. The number of nitrogens with one attached hydrogen (secondary N) is 1. The lowest BCUT2D eigenvalue weighted by Crippen LogP contribution is -2.27. The number of ether oxygens (including phenoxy) is 1. The summed E-state index contributed by atoms with van der Waals surface area (Å²) in [5, 5.41) is 2.83. The molecule has 4 rings (SSSR count). The van der Waals surface area contributed by atoms with Gasteiger partial charge in [-0.1, -0.05) is 54.6 Å². The molecular formula is C24H22N2O3S. The molecule has 152 valence electrons. The fraction of sp³-hybridized carbons (Fsp3) is 0.167. The molecule has 30 heavy (non-hydrogen) atoms. The van der Waals surface area contributed by atoms with Gasteiger partial charge in [-0.3, -0.25) is 9.59 Å². The number of amides is 2. The molecule has 1 fully saturated rings. The van der Waals surface area contributed by atoms with E-state index in [0.717, 1.165) is 11.1 Å². The molecule has 3 aromatic rings. The van der Waals surface area contributed by atoms with E-state index in [2.05, 4.69) is 5.32 Å². The Morgan fingerprint density at radius 2 is 1.73 bits per heavy atom. The van der Waals surface area contributed by atoms with E-state index in [-0.39, 0.29) is 17.2 Å². The Morgan fingerprint density at radius 3 is 2.47 bits per heavy atom. The van der Waals surface area contributed by atoms with Crippen molar-refractivity contribution in [2.24, 2.45) is 0 Å². The summed E-state index contributed by atoms with van der Waals surface area (Å²) in [6.45, 7) is 0.577. The largest absolute Gasteiger partial charge is 0.495 e. The Balaban J connectivity index is 1.48. The zero-order chi connectivity index (χ0) is 20.9. The molecule has 0 aromatic heterocycles. The number of benzene rings is 3. The monoisotopic (exact) mass is 418 g/mol. The van der Waals surface area contributed by atoms with E-state index in [1.165, 1.54) is 0 Å². The highest BCUT2D eigenvalue weighted by Gasteiger charge is 2.32. The SMILES string of the molecule is COc1ccccc1NC(=O)c1ccc([C@@H]2SCC(=O)N2Cc2ccccc2)cc1. The maximum atomic E-state index is 12.6. The minimum atomic E-state index is -0.206. The van der Waals surface area contributed by atoms with Gasteiger partial charge in [-0.2, -0.15) is 0 Å². The predicted octanol–water partition coefficient (Wildman–Crippen LogP) is 4.72. The van der Waals surface area contributed by atoms with Gasteiger partial charge in [-0.05, 0) is 35.4 Å². The molecule has 1 atom stereocenters. The molecule has 0 radical (unpaired) electrons. The summed E-state index contributed by atoms with van der Waals surface area (Å²) in [5.74, 6) is 1.00. The summed E-state index contributed by atoms with van der Waals surface area (Å²) >= 11 is 1.61. The first-order valence-corrected chi connectivity index (χ1v) is 10.7. The number of hydrogen-bond acceptors (Lipinski definition) is 4. The van der Waals surface area contributed by atoms with Crippen LogP contribution in [-0.4, -0.2) is 29.6 Å². The number of rotatable bonds is 6. The van der Waals surface area contributed by atoms with Gasteiger partial charge in [0, 0.05) is 12.1 Å². The summed E-state index contributed by atoms with van der Waals surface area (Å²) in [6, 6.07) is 24.7. The predicted molar refractivity (Wildman–Crippen MR) is 120 cm³/mol. The molecule has 1 aliphatic heterocycles. The van der Waals surface area contributed by atoms with E-state index in [1.807, 2.05) is 59.5 Å². The van der Waals surface area contributed by atoms with Crippen molar-refractivity contribution in [1.29, 1.82) is 0 Å². The van der Waals surface area contributed by atoms with Crippen molar-refractivity contribution in [1.82, 2.24) is 4.90 Å². The first-order valence-electron chi connectivity index (χ1n) is 9.65. The zero-order valence-corrected chi connectivity index (χ0v) is 17.4. The molecule has 0 saturated carbocycles. The minimum Gasteiger partial charge on any atom is -0.495 e. The third kappa shape index (κ3) is 4.33. The first-order chi connectivity index (χ1) is 14.7. The minimum absolute atomic E-state index is 0.0518. The molecule has 6 heteroatoms. The Labute approximate surface area is 180 Å². The molecule has 1 N–H and O–H groups in total. The molecule has 5 nitrogen and oxygen atoms in total. The third-order valence-corrected chi connectivity index (χ3v) is 6.23. The summed E-state index contributed by atoms with van der Waals surface area (Å²) in [4.78, 5) is 27.0. The second kappa shape index (κ2) is 9.05. The normalized spacial score (nSPS) is 15.8. The van der Waals surface area contributed by atoms with Crippen LogP contribution in [0.2, 0.25) is 0 Å². The highest BCUT2D eigenvalue weighted by molar-refractivity contribution is 8.00. The molecule has 0 bridgehead atoms. The van der Waals surface area contributed by atoms with Crippen LogP contribution in [-0.2, 0) is 11.3 Å². The van der Waals surface area contributed by atoms with Gasteiger partial charge in [-0.25, -0.2) is 0 Å². The fourth-order valence-corrected chi connectivity index (χ4v) is 4.61. The lowest BCUT2D eigenvalue weighted by atomic mass is 10.1. The van der Waals surface area contributed by atoms with E-state index in [4.69, 9.17) is 4.74 Å². The Morgan fingerprint density at radius 1 is 1.03 bits per heavy atom. The smallest absolute Gasteiger partial charge is 0.255 e. The Bertz CT molecular complexity index is 1040. The average molecular weight is 419 g/mol. The molecular weight excluding hydrogens is 396 g/mol. The van der Waals surface area contributed by atoms with Crippen LogP contribution in [0, 0.1) is 0 Å². The molecule has 3 aromatic carbocycles. The number of thioether (sulfide) groups is 1. The first kappa shape index (κ1) is 20.0. The highest BCUT2D eigenvalue weighted by atomic mass is 32.2. The van der Waals surface area contributed by atoms with Gasteiger partial charge in [0.15, 0.2) is 0 Å². The van der Waals surface area contributed by atoms with Crippen LogP contribution in [0.3, 0.4) is 0 Å². The number of nitrogens with zero attached hydrogens (tertiary/aromatic N) is 1. The summed E-state index contributed by atoms with van der Waals surface area (Å²) in [6.07, 6.45) is 0. The maximum absolute atomic E-state index is 12.6. The molecule has 0 aliphatic carbocycles. The van der Waals surface area contributed by atoms with Crippen LogP contribution in [0.4, 0.5) is 5.69 Å². The van der Waals surface area contributed by atoms with Crippen molar-refractivity contribution in [2.75, 3.05) is 18.2 Å². The summed E-state index contributed by atoms with van der Waals surface area (Å²) < 4.78 is 5.28. The standard InChI is InChI=1S/C24H22N2O3S/c1-29-21-10-6-5-9-20(21)25-23(28)18-11-13-19(14-12-18)24-26(22(27)16-30-24)15-17-7-3-2-4-8-17/h2-14,24H,15-16H2,1H3,(H,25,28)/t24-/m0/s1. The van der Waals surface area contributed by atoms with E-state index in [9.17, 15) is 9.59 Å². The van der Waals surface area contributed by atoms with Crippen LogP contribution < -0.4 is 10.1 Å². The van der Waals surface area contributed by atoms with Crippen molar-refractivity contribution < 1.29 is 14.3 Å². The van der Waals surface area contributed by atoms with Crippen molar-refractivity contribution in [3.05, 3.63) is 95.6 Å². The number of para-hydroxylation sites is 2. The number of hydrogen-bond donors (Lipinski definition) is 1. The molecule has 0 spiro atoms. The highest BCUT2D eigenvalue weighted by Crippen LogP contribution is 2.39. The van der Waals surface area contributed by atoms with Crippen LogP contribution >= 0.6 is 11.8 Å². The van der Waals surface area contributed by atoms with Gasteiger partial charge in [0.2, 0.25) is 5.91 Å². The van der Waals surface area contributed by atoms with Gasteiger partial charge in [-0.15, -0.1) is 11.8 Å². The van der Waals surface area contributed by atoms with Gasteiger partial charge < -0.3 is 15.0 Å². The van der Waals surface area contributed by atoms with E-state index >= 15 is 0 Å². The number of anilines is 1. The quantitative estimate of drug-likeness (QED) is 0.629. The van der Waals surface area contributed by atoms with Crippen molar-refractivity contribution >= 4 is 29.3 Å². The van der Waals surface area contributed by atoms with E-state index in [0.29, 0.717) is 29.3 Å². The van der Waals surface area contributed by atoms with Crippen LogP contribution in [0.1, 0.15) is 26.9 Å².